The number of ether oxygens (including phenoxy) is 1. The quantitative estimate of drug-likeness (QED) is 0.403. The maximum atomic E-state index is 13.6. The maximum Gasteiger partial charge on any atom is 0.291 e. The second-order valence-electron chi connectivity index (χ2n) is 7.08. The van der Waals surface area contributed by atoms with Gasteiger partial charge >= 0.3 is 0 Å². The Hall–Kier alpha value is -3.64. The number of aliphatic hydroxyl groups is 1. The predicted octanol–water partition coefficient (Wildman–Crippen LogP) is 3.47. The number of benzene rings is 1. The number of imidazole rings is 1. The first-order valence-corrected chi connectivity index (χ1v) is 10.6. The third kappa shape index (κ3) is 4.61. The fraction of sp³-hybridized carbons (Fsp3) is 0.238. The number of aryl methyl sites for hydroxylation is 1. The summed E-state index contributed by atoms with van der Waals surface area (Å²) in [5, 5.41) is 16.5. The molecule has 0 saturated heterocycles. The summed E-state index contributed by atoms with van der Waals surface area (Å²) in [6, 6.07) is 6.75. The lowest BCUT2D eigenvalue weighted by Gasteiger charge is -2.18. The highest BCUT2D eigenvalue weighted by molar-refractivity contribution is 7.05. The van der Waals surface area contributed by atoms with E-state index < -0.39 is 30.3 Å². The zero-order chi connectivity index (χ0) is 23.5. The molecule has 0 aliphatic rings. The van der Waals surface area contributed by atoms with Crippen LogP contribution in [0.1, 0.15) is 28.7 Å². The van der Waals surface area contributed by atoms with Crippen molar-refractivity contribution in [2.75, 3.05) is 19.0 Å². The van der Waals surface area contributed by atoms with Crippen LogP contribution in [-0.4, -0.2) is 42.5 Å². The van der Waals surface area contributed by atoms with Gasteiger partial charge in [0.15, 0.2) is 0 Å². The topological polar surface area (TPSA) is 107 Å². The Morgan fingerprint density at radius 1 is 1.27 bits per heavy atom. The van der Waals surface area contributed by atoms with E-state index in [2.05, 4.69) is 19.8 Å². The number of methoxy groups -OCH3 is 1. The SMILES string of the molecule is COc1cc(Nc2cc(C(F)F)nn([C@@H](CO)c3ccns3)c2=O)ccc1-n1cnc(C)c1. The van der Waals surface area contributed by atoms with Crippen molar-refractivity contribution in [1.29, 1.82) is 0 Å². The maximum absolute atomic E-state index is 13.6. The fourth-order valence-corrected chi connectivity index (χ4v) is 3.96. The summed E-state index contributed by atoms with van der Waals surface area (Å²) in [5.41, 5.74) is 0.611. The van der Waals surface area contributed by atoms with E-state index in [1.165, 1.54) is 13.3 Å². The minimum absolute atomic E-state index is 0.114. The van der Waals surface area contributed by atoms with Gasteiger partial charge in [-0.2, -0.15) is 5.10 Å². The standard InChI is InChI=1S/C21H20F2N6O3S/c1-12-9-28(11-24-12)16-4-3-13(7-18(16)32-2)26-15-8-14(20(22)23)27-29(21(15)31)17(10-30)19-5-6-25-33-19/h3-9,11,17,20,26,30H,10H2,1-2H3/t17-/m0/s1. The molecule has 0 aliphatic heterocycles. The largest absolute Gasteiger partial charge is 0.494 e. The molecule has 0 amide bonds. The highest BCUT2D eigenvalue weighted by atomic mass is 32.1. The highest BCUT2D eigenvalue weighted by Gasteiger charge is 2.23. The molecule has 9 nitrogen and oxygen atoms in total. The summed E-state index contributed by atoms with van der Waals surface area (Å²) >= 11 is 1.05. The molecule has 0 fully saturated rings. The van der Waals surface area contributed by atoms with Gasteiger partial charge in [0.25, 0.3) is 12.0 Å². The van der Waals surface area contributed by atoms with Gasteiger partial charge in [-0.3, -0.25) is 4.79 Å². The van der Waals surface area contributed by atoms with Crippen LogP contribution in [0.3, 0.4) is 0 Å². The van der Waals surface area contributed by atoms with Crippen LogP contribution in [0.15, 0.2) is 53.8 Å². The monoisotopic (exact) mass is 474 g/mol. The van der Waals surface area contributed by atoms with Crippen LogP contribution in [0.4, 0.5) is 20.2 Å². The molecule has 0 spiro atoms. The summed E-state index contributed by atoms with van der Waals surface area (Å²) in [7, 11) is 1.50. The molecular weight excluding hydrogens is 454 g/mol. The molecule has 0 unspecified atom stereocenters. The van der Waals surface area contributed by atoms with Crippen molar-refractivity contribution in [3.8, 4) is 11.4 Å². The number of halogens is 2. The average Bonchev–Trinajstić information content (AvgIpc) is 3.48. The van der Waals surface area contributed by atoms with Crippen LogP contribution in [0.25, 0.3) is 5.69 Å². The van der Waals surface area contributed by atoms with Crippen molar-refractivity contribution in [3.05, 3.63) is 75.7 Å². The Morgan fingerprint density at radius 2 is 2.09 bits per heavy atom. The molecule has 0 radical (unpaired) electrons. The van der Waals surface area contributed by atoms with Crippen LogP contribution in [-0.2, 0) is 0 Å². The number of nitrogens with one attached hydrogen (secondary N) is 1. The van der Waals surface area contributed by atoms with Crippen molar-refractivity contribution in [3.63, 3.8) is 0 Å². The Bertz CT molecular complexity index is 1310. The lowest BCUT2D eigenvalue weighted by atomic mass is 10.2. The Balaban J connectivity index is 1.75. The highest BCUT2D eigenvalue weighted by Crippen LogP contribution is 2.29. The number of anilines is 2. The van der Waals surface area contributed by atoms with Gasteiger partial charge in [0.2, 0.25) is 0 Å². The predicted molar refractivity (Wildman–Crippen MR) is 119 cm³/mol. The van der Waals surface area contributed by atoms with Gasteiger partial charge in [-0.05, 0) is 42.7 Å². The van der Waals surface area contributed by atoms with E-state index in [1.807, 2.05) is 13.1 Å². The lowest BCUT2D eigenvalue weighted by molar-refractivity contribution is 0.141. The minimum atomic E-state index is -2.92. The van der Waals surface area contributed by atoms with Crippen molar-refractivity contribution in [1.82, 2.24) is 23.7 Å². The minimum Gasteiger partial charge on any atom is -0.494 e. The first kappa shape index (κ1) is 22.6. The van der Waals surface area contributed by atoms with Crippen LogP contribution >= 0.6 is 11.5 Å². The number of hydrogen-bond acceptors (Lipinski definition) is 8. The summed E-state index contributed by atoms with van der Waals surface area (Å²) in [6.45, 7) is 1.36. The molecule has 1 atom stereocenters. The van der Waals surface area contributed by atoms with E-state index in [0.29, 0.717) is 16.3 Å². The molecule has 0 bridgehead atoms. The molecule has 33 heavy (non-hydrogen) atoms. The van der Waals surface area contributed by atoms with E-state index in [-0.39, 0.29) is 5.69 Å². The van der Waals surface area contributed by atoms with Gasteiger partial charge in [0.1, 0.15) is 23.2 Å². The zero-order valence-electron chi connectivity index (χ0n) is 17.6. The fourth-order valence-electron chi connectivity index (χ4n) is 3.30. The van der Waals surface area contributed by atoms with Crippen molar-refractivity contribution < 1.29 is 18.6 Å². The van der Waals surface area contributed by atoms with E-state index in [0.717, 1.165) is 33.7 Å². The molecule has 4 aromatic rings. The van der Waals surface area contributed by atoms with E-state index >= 15 is 0 Å². The van der Waals surface area contributed by atoms with Crippen LogP contribution < -0.4 is 15.6 Å². The second kappa shape index (κ2) is 9.46. The zero-order valence-corrected chi connectivity index (χ0v) is 18.5. The summed E-state index contributed by atoms with van der Waals surface area (Å²) < 4.78 is 39.2. The average molecular weight is 474 g/mol. The van der Waals surface area contributed by atoms with E-state index in [1.54, 1.807) is 35.2 Å². The van der Waals surface area contributed by atoms with Crippen LogP contribution in [0.2, 0.25) is 0 Å². The third-order valence-electron chi connectivity index (χ3n) is 4.88. The normalized spacial score (nSPS) is 12.2. The summed E-state index contributed by atoms with van der Waals surface area (Å²) in [6.07, 6.45) is 2.06. The molecular formula is C21H20F2N6O3S. The van der Waals surface area contributed by atoms with Gasteiger partial charge in [-0.25, -0.2) is 22.8 Å². The molecule has 12 heteroatoms. The first-order valence-electron chi connectivity index (χ1n) is 9.80. The molecule has 1 aromatic carbocycles. The summed E-state index contributed by atoms with van der Waals surface area (Å²) in [5.74, 6) is 0.485. The van der Waals surface area contributed by atoms with E-state index in [9.17, 15) is 18.7 Å². The third-order valence-corrected chi connectivity index (χ3v) is 5.73. The van der Waals surface area contributed by atoms with Gasteiger partial charge in [-0.1, -0.05) is 0 Å². The lowest BCUT2D eigenvalue weighted by Crippen LogP contribution is -2.32. The number of nitrogens with zero attached hydrogens (tertiary/aromatic N) is 5. The van der Waals surface area contributed by atoms with Gasteiger partial charge in [0.05, 0.1) is 36.3 Å². The summed E-state index contributed by atoms with van der Waals surface area (Å²) in [4.78, 5) is 17.8. The number of hydrogen-bond donors (Lipinski definition) is 2. The molecule has 0 aliphatic carbocycles. The Labute approximate surface area is 191 Å². The second-order valence-corrected chi connectivity index (χ2v) is 7.95. The molecule has 3 heterocycles. The van der Waals surface area contributed by atoms with Gasteiger partial charge in [-0.15, -0.1) is 0 Å². The van der Waals surface area contributed by atoms with Gasteiger partial charge < -0.3 is 19.7 Å². The number of rotatable bonds is 8. The van der Waals surface area contributed by atoms with Crippen molar-refractivity contribution >= 4 is 22.9 Å². The Kier molecular flexibility index (Phi) is 6.47. The molecule has 172 valence electrons. The van der Waals surface area contributed by atoms with Crippen LogP contribution in [0.5, 0.6) is 5.75 Å². The number of aliphatic hydroxyl groups excluding tert-OH is 1. The van der Waals surface area contributed by atoms with E-state index in [4.69, 9.17) is 4.74 Å². The molecule has 3 aromatic heterocycles. The number of aromatic nitrogens is 5. The van der Waals surface area contributed by atoms with Crippen LogP contribution in [0, 0.1) is 6.92 Å². The van der Waals surface area contributed by atoms with Gasteiger partial charge in [0, 0.05) is 24.1 Å². The number of alkyl halides is 2. The van der Waals surface area contributed by atoms with Crippen molar-refractivity contribution in [2.45, 2.75) is 19.4 Å². The molecule has 0 saturated carbocycles. The molecule has 2 N–H and O–H groups in total. The first-order chi connectivity index (χ1) is 15.9. The van der Waals surface area contributed by atoms with Crippen molar-refractivity contribution in [2.24, 2.45) is 0 Å². The Morgan fingerprint density at radius 3 is 2.70 bits per heavy atom. The smallest absolute Gasteiger partial charge is 0.291 e. The molecule has 4 rings (SSSR count).